The van der Waals surface area contributed by atoms with Crippen LogP contribution in [0.2, 0.25) is 0 Å². The van der Waals surface area contributed by atoms with Crippen molar-refractivity contribution in [1.29, 1.82) is 0 Å². The molecule has 2 amide bonds. The second-order valence-corrected chi connectivity index (χ2v) is 9.14. The van der Waals surface area contributed by atoms with Gasteiger partial charge in [-0.2, -0.15) is 0 Å². The Hall–Kier alpha value is -2.61. The van der Waals surface area contributed by atoms with Crippen molar-refractivity contribution in [3.8, 4) is 5.75 Å². The molecule has 1 aliphatic rings. The highest BCUT2D eigenvalue weighted by molar-refractivity contribution is 5.91. The minimum atomic E-state index is -0.869. The van der Waals surface area contributed by atoms with Crippen molar-refractivity contribution in [3.05, 3.63) is 29.8 Å². The van der Waals surface area contributed by atoms with E-state index in [0.717, 1.165) is 18.4 Å². The standard InChI is InChI=1S/C25H38N2O6/c1-5-6-15-33-24(30)21(16-18-7-9-20(32-4)10-8-18)27-22(28)17(2)26-23(29)19-11-13-25(3,31)14-12-19/h7-10,17,19,21,31H,5-6,11-16H2,1-4H3,(H,26,29)(H,27,28)/t17-,19?,21+,25?/m1/s1. The summed E-state index contributed by atoms with van der Waals surface area (Å²) in [5, 5.41) is 15.6. The second kappa shape index (κ2) is 12.6. The van der Waals surface area contributed by atoms with E-state index in [1.807, 2.05) is 19.1 Å². The Morgan fingerprint density at radius 1 is 1.15 bits per heavy atom. The van der Waals surface area contributed by atoms with E-state index in [0.29, 0.717) is 38.0 Å². The van der Waals surface area contributed by atoms with Gasteiger partial charge in [0.1, 0.15) is 17.8 Å². The molecule has 33 heavy (non-hydrogen) atoms. The minimum absolute atomic E-state index is 0.203. The van der Waals surface area contributed by atoms with E-state index in [1.54, 1.807) is 33.1 Å². The molecule has 0 radical (unpaired) electrons. The number of methoxy groups -OCH3 is 1. The van der Waals surface area contributed by atoms with Crippen LogP contribution >= 0.6 is 0 Å². The SMILES string of the molecule is CCCCOC(=O)[C@H](Cc1ccc(OC)cc1)NC(=O)[C@@H](C)NC(=O)C1CCC(C)(O)CC1. The molecule has 184 valence electrons. The molecule has 1 aromatic rings. The molecule has 0 aromatic heterocycles. The zero-order chi connectivity index (χ0) is 24.4. The van der Waals surface area contributed by atoms with Crippen LogP contribution in [-0.4, -0.2) is 54.3 Å². The average molecular weight is 463 g/mol. The molecule has 1 fully saturated rings. The lowest BCUT2D eigenvalue weighted by molar-refractivity contribution is -0.148. The normalized spacial score (nSPS) is 22.0. The van der Waals surface area contributed by atoms with Gasteiger partial charge in [0.25, 0.3) is 0 Å². The molecule has 0 heterocycles. The third-order valence-corrected chi connectivity index (χ3v) is 6.13. The van der Waals surface area contributed by atoms with Gasteiger partial charge in [0.05, 0.1) is 19.3 Å². The van der Waals surface area contributed by atoms with E-state index in [9.17, 15) is 19.5 Å². The zero-order valence-corrected chi connectivity index (χ0v) is 20.2. The molecule has 0 bridgehead atoms. The smallest absolute Gasteiger partial charge is 0.328 e. The highest BCUT2D eigenvalue weighted by Gasteiger charge is 2.33. The van der Waals surface area contributed by atoms with E-state index in [2.05, 4.69) is 10.6 Å². The molecule has 0 saturated heterocycles. The number of unbranched alkanes of at least 4 members (excludes halogenated alkanes) is 1. The topological polar surface area (TPSA) is 114 Å². The fraction of sp³-hybridized carbons (Fsp3) is 0.640. The van der Waals surface area contributed by atoms with Gasteiger partial charge in [-0.25, -0.2) is 4.79 Å². The summed E-state index contributed by atoms with van der Waals surface area (Å²) in [5.41, 5.74) is 0.117. The Balaban J connectivity index is 1.98. The molecule has 1 aromatic carbocycles. The van der Waals surface area contributed by atoms with Gasteiger partial charge in [-0.3, -0.25) is 9.59 Å². The summed E-state index contributed by atoms with van der Waals surface area (Å²) in [4.78, 5) is 38.1. The number of carbonyl (C=O) groups excluding carboxylic acids is 3. The molecule has 2 rings (SSSR count). The highest BCUT2D eigenvalue weighted by Crippen LogP contribution is 2.31. The van der Waals surface area contributed by atoms with Gasteiger partial charge < -0.3 is 25.2 Å². The highest BCUT2D eigenvalue weighted by atomic mass is 16.5. The van der Waals surface area contributed by atoms with Gasteiger partial charge >= 0.3 is 5.97 Å². The molecule has 1 aliphatic carbocycles. The summed E-state index contributed by atoms with van der Waals surface area (Å²) in [6.45, 7) is 5.67. The number of rotatable bonds is 11. The van der Waals surface area contributed by atoms with Gasteiger partial charge in [-0.15, -0.1) is 0 Å². The molecule has 0 unspecified atom stereocenters. The van der Waals surface area contributed by atoms with E-state index >= 15 is 0 Å². The Labute approximate surface area is 196 Å². The second-order valence-electron chi connectivity index (χ2n) is 9.14. The first-order chi connectivity index (χ1) is 15.6. The quantitative estimate of drug-likeness (QED) is 0.344. The maximum atomic E-state index is 12.8. The molecule has 8 nitrogen and oxygen atoms in total. The van der Waals surface area contributed by atoms with Crippen LogP contribution in [0.5, 0.6) is 5.75 Å². The summed E-state index contributed by atoms with van der Waals surface area (Å²) in [6.07, 6.45) is 4.17. The van der Waals surface area contributed by atoms with Crippen LogP contribution < -0.4 is 15.4 Å². The van der Waals surface area contributed by atoms with Gasteiger partial charge in [0, 0.05) is 12.3 Å². The Morgan fingerprint density at radius 3 is 2.36 bits per heavy atom. The molecular formula is C25H38N2O6. The number of hydrogen-bond donors (Lipinski definition) is 3. The van der Waals surface area contributed by atoms with Crippen LogP contribution in [0.3, 0.4) is 0 Å². The third kappa shape index (κ3) is 8.68. The Morgan fingerprint density at radius 2 is 1.79 bits per heavy atom. The maximum absolute atomic E-state index is 12.8. The van der Waals surface area contributed by atoms with E-state index in [1.165, 1.54) is 0 Å². The molecule has 8 heteroatoms. The monoisotopic (exact) mass is 462 g/mol. The number of nitrogens with one attached hydrogen (secondary N) is 2. The number of ether oxygens (including phenoxy) is 2. The lowest BCUT2D eigenvalue weighted by Crippen LogP contribution is -2.52. The first-order valence-corrected chi connectivity index (χ1v) is 11.8. The first-order valence-electron chi connectivity index (χ1n) is 11.8. The number of carbonyl (C=O) groups is 3. The summed E-state index contributed by atoms with van der Waals surface area (Å²) in [7, 11) is 1.58. The lowest BCUT2D eigenvalue weighted by atomic mass is 9.79. The number of amides is 2. The third-order valence-electron chi connectivity index (χ3n) is 6.13. The average Bonchev–Trinajstić information content (AvgIpc) is 2.78. The van der Waals surface area contributed by atoms with Crippen LogP contribution in [0, 0.1) is 5.92 Å². The zero-order valence-electron chi connectivity index (χ0n) is 20.2. The van der Waals surface area contributed by atoms with E-state index < -0.39 is 29.6 Å². The predicted molar refractivity (Wildman–Crippen MR) is 125 cm³/mol. The van der Waals surface area contributed by atoms with Crippen LogP contribution in [0.4, 0.5) is 0 Å². The molecule has 0 spiro atoms. The van der Waals surface area contributed by atoms with Crippen molar-refractivity contribution in [2.75, 3.05) is 13.7 Å². The van der Waals surface area contributed by atoms with Gasteiger partial charge in [0.2, 0.25) is 11.8 Å². The summed E-state index contributed by atoms with van der Waals surface area (Å²) in [6, 6.07) is 5.58. The molecule has 2 atom stereocenters. The van der Waals surface area contributed by atoms with Gasteiger partial charge in [-0.05, 0) is 63.6 Å². The summed E-state index contributed by atoms with van der Waals surface area (Å²) < 4.78 is 10.5. The fourth-order valence-corrected chi connectivity index (χ4v) is 3.80. The maximum Gasteiger partial charge on any atom is 0.328 e. The molecular weight excluding hydrogens is 424 g/mol. The van der Waals surface area contributed by atoms with Gasteiger partial charge in [0.15, 0.2) is 0 Å². The lowest BCUT2D eigenvalue weighted by Gasteiger charge is -2.32. The number of aliphatic hydroxyl groups is 1. The van der Waals surface area contributed by atoms with Crippen LogP contribution in [-0.2, 0) is 25.5 Å². The van der Waals surface area contributed by atoms with E-state index in [4.69, 9.17) is 9.47 Å². The summed E-state index contributed by atoms with van der Waals surface area (Å²) in [5.74, 6) is -0.678. The fourth-order valence-electron chi connectivity index (χ4n) is 3.80. The van der Waals surface area contributed by atoms with Crippen molar-refractivity contribution in [3.63, 3.8) is 0 Å². The Bertz CT molecular complexity index is 783. The van der Waals surface area contributed by atoms with Crippen molar-refractivity contribution in [2.24, 2.45) is 5.92 Å². The van der Waals surface area contributed by atoms with Crippen LogP contribution in [0.1, 0.15) is 64.9 Å². The Kier molecular flexibility index (Phi) is 10.2. The number of esters is 1. The van der Waals surface area contributed by atoms with E-state index in [-0.39, 0.29) is 18.2 Å². The predicted octanol–water partition coefficient (Wildman–Crippen LogP) is 2.51. The summed E-state index contributed by atoms with van der Waals surface area (Å²) >= 11 is 0. The minimum Gasteiger partial charge on any atom is -0.497 e. The molecule has 0 aliphatic heterocycles. The first kappa shape index (κ1) is 26.6. The van der Waals surface area contributed by atoms with Crippen LogP contribution in [0.25, 0.3) is 0 Å². The van der Waals surface area contributed by atoms with Crippen LogP contribution in [0.15, 0.2) is 24.3 Å². The van der Waals surface area contributed by atoms with Gasteiger partial charge in [-0.1, -0.05) is 25.5 Å². The van der Waals surface area contributed by atoms with Crippen molar-refractivity contribution >= 4 is 17.8 Å². The van der Waals surface area contributed by atoms with Crippen molar-refractivity contribution < 1.29 is 29.0 Å². The van der Waals surface area contributed by atoms with Crippen molar-refractivity contribution in [1.82, 2.24) is 10.6 Å². The molecule has 1 saturated carbocycles. The number of benzene rings is 1. The molecule has 3 N–H and O–H groups in total. The van der Waals surface area contributed by atoms with Crippen molar-refractivity contribution in [2.45, 2.75) is 83.4 Å². The number of hydrogen-bond acceptors (Lipinski definition) is 6. The largest absolute Gasteiger partial charge is 0.497 e.